The lowest BCUT2D eigenvalue weighted by Crippen LogP contribution is -2.40. The summed E-state index contributed by atoms with van der Waals surface area (Å²) in [7, 11) is 0. The zero-order valence-electron chi connectivity index (χ0n) is 20.3. The maximum atomic E-state index is 12.8. The van der Waals surface area contributed by atoms with Crippen LogP contribution in [0.2, 0.25) is 0 Å². The summed E-state index contributed by atoms with van der Waals surface area (Å²) in [4.78, 5) is 31.6. The number of aromatic nitrogens is 1. The molecule has 1 aromatic heterocycles. The molecule has 1 aliphatic carbocycles. The second kappa shape index (κ2) is 10.2. The van der Waals surface area contributed by atoms with Crippen LogP contribution in [-0.4, -0.2) is 34.8 Å². The van der Waals surface area contributed by atoms with E-state index in [-0.39, 0.29) is 17.9 Å². The predicted molar refractivity (Wildman–Crippen MR) is 137 cm³/mol. The molecule has 0 saturated heterocycles. The maximum absolute atomic E-state index is 12.8. The number of hydrogen-bond acceptors (Lipinski definition) is 5. The van der Waals surface area contributed by atoms with Gasteiger partial charge in [-0.2, -0.15) is 0 Å². The molecule has 1 atom stereocenters. The Morgan fingerprint density at radius 3 is 2.71 bits per heavy atom. The Kier molecular flexibility index (Phi) is 6.86. The molecule has 1 N–H and O–H groups in total. The number of thiazole rings is 1. The van der Waals surface area contributed by atoms with Gasteiger partial charge in [0, 0.05) is 24.9 Å². The van der Waals surface area contributed by atoms with Gasteiger partial charge in [0.05, 0.1) is 6.04 Å². The average molecular weight is 490 g/mol. The first-order valence-electron chi connectivity index (χ1n) is 12.4. The first-order chi connectivity index (χ1) is 17.0. The molecule has 0 unspecified atom stereocenters. The molecule has 1 fully saturated rings. The van der Waals surface area contributed by atoms with Gasteiger partial charge in [0.25, 0.3) is 5.91 Å². The molecule has 6 nitrogen and oxygen atoms in total. The van der Waals surface area contributed by atoms with E-state index in [0.717, 1.165) is 34.8 Å². The van der Waals surface area contributed by atoms with Gasteiger partial charge in [-0.3, -0.25) is 9.59 Å². The fraction of sp³-hybridized carbons (Fsp3) is 0.393. The number of ether oxygens (including phenoxy) is 1. The second-order valence-corrected chi connectivity index (χ2v) is 10.4. The monoisotopic (exact) mass is 489 g/mol. The Morgan fingerprint density at radius 2 is 1.97 bits per heavy atom. The predicted octanol–water partition coefficient (Wildman–Crippen LogP) is 5.05. The molecule has 2 aliphatic rings. The molecule has 5 rings (SSSR count). The normalized spacial score (nSPS) is 17.1. The first-order valence-corrected chi connectivity index (χ1v) is 13.2. The Bertz CT molecular complexity index is 1220. The van der Waals surface area contributed by atoms with E-state index in [2.05, 4.69) is 53.6 Å². The number of fused-ring (bicyclic) bond motifs is 1. The Hall–Kier alpha value is -3.19. The van der Waals surface area contributed by atoms with Crippen LogP contribution in [0.4, 0.5) is 0 Å². The number of amides is 2. The fourth-order valence-corrected chi connectivity index (χ4v) is 5.22. The lowest BCUT2D eigenvalue weighted by Gasteiger charge is -2.38. The quantitative estimate of drug-likeness (QED) is 0.480. The van der Waals surface area contributed by atoms with Gasteiger partial charge in [-0.15, -0.1) is 11.3 Å². The van der Waals surface area contributed by atoms with Crippen LogP contribution in [0, 0.1) is 12.8 Å². The van der Waals surface area contributed by atoms with Crippen molar-refractivity contribution in [3.63, 3.8) is 0 Å². The molecule has 0 spiro atoms. The molecular formula is C28H31N3O3S. The summed E-state index contributed by atoms with van der Waals surface area (Å²) >= 11 is 1.43. The van der Waals surface area contributed by atoms with Crippen molar-refractivity contribution in [1.29, 1.82) is 0 Å². The van der Waals surface area contributed by atoms with Crippen molar-refractivity contribution < 1.29 is 14.3 Å². The molecular weight excluding hydrogens is 458 g/mol. The van der Waals surface area contributed by atoms with E-state index in [0.29, 0.717) is 31.2 Å². The van der Waals surface area contributed by atoms with Crippen molar-refractivity contribution in [2.45, 2.75) is 52.2 Å². The van der Waals surface area contributed by atoms with Crippen molar-refractivity contribution in [3.8, 4) is 5.75 Å². The summed E-state index contributed by atoms with van der Waals surface area (Å²) in [5.74, 6) is 1.41. The summed E-state index contributed by atoms with van der Waals surface area (Å²) in [6.07, 6.45) is 3.71. The van der Waals surface area contributed by atoms with Crippen molar-refractivity contribution in [1.82, 2.24) is 15.2 Å². The van der Waals surface area contributed by atoms with Crippen LogP contribution >= 0.6 is 11.3 Å². The molecule has 0 radical (unpaired) electrons. The number of nitrogens with one attached hydrogen (secondary N) is 1. The molecule has 2 amide bonds. The SMILES string of the molecule is CCC(=O)N1CCc2ccc(OCc3nc(C(=O)NCC4CC4)cs3)cc2[C@H]1c1ccc(C)cc1. The second-order valence-electron chi connectivity index (χ2n) is 9.43. The molecule has 182 valence electrons. The topological polar surface area (TPSA) is 71.5 Å². The molecule has 35 heavy (non-hydrogen) atoms. The number of carbonyl (C=O) groups excluding carboxylic acids is 2. The Morgan fingerprint density at radius 1 is 1.17 bits per heavy atom. The van der Waals surface area contributed by atoms with Crippen LogP contribution in [0.3, 0.4) is 0 Å². The van der Waals surface area contributed by atoms with Gasteiger partial charge in [-0.05, 0) is 60.9 Å². The van der Waals surface area contributed by atoms with Crippen LogP contribution in [0.15, 0.2) is 47.8 Å². The highest BCUT2D eigenvalue weighted by Crippen LogP contribution is 2.37. The smallest absolute Gasteiger partial charge is 0.270 e. The molecule has 7 heteroatoms. The van der Waals surface area contributed by atoms with E-state index in [4.69, 9.17) is 4.74 Å². The number of aryl methyl sites for hydroxylation is 1. The lowest BCUT2D eigenvalue weighted by atomic mass is 9.87. The van der Waals surface area contributed by atoms with Crippen molar-refractivity contribution in [3.05, 3.63) is 80.8 Å². The fourth-order valence-electron chi connectivity index (χ4n) is 4.54. The summed E-state index contributed by atoms with van der Waals surface area (Å²) in [5.41, 5.74) is 5.11. The summed E-state index contributed by atoms with van der Waals surface area (Å²) < 4.78 is 6.10. The van der Waals surface area contributed by atoms with Gasteiger partial charge in [0.2, 0.25) is 5.91 Å². The van der Waals surface area contributed by atoms with Crippen molar-refractivity contribution in [2.24, 2.45) is 5.92 Å². The molecule has 1 saturated carbocycles. The average Bonchev–Trinajstić information content (AvgIpc) is 3.60. The number of carbonyl (C=O) groups is 2. The minimum Gasteiger partial charge on any atom is -0.486 e. The highest BCUT2D eigenvalue weighted by molar-refractivity contribution is 7.09. The van der Waals surface area contributed by atoms with E-state index in [1.165, 1.54) is 35.3 Å². The standard InChI is InChI=1S/C28H31N3O3S/c1-3-26(32)31-13-12-20-10-11-22(14-23(20)27(31)21-8-4-18(2)5-9-21)34-16-25-30-24(17-35-25)28(33)29-15-19-6-7-19/h4-5,8-11,14,17,19,27H,3,6-7,12-13,15-16H2,1-2H3,(H,29,33)/t27-/m1/s1. The van der Waals surface area contributed by atoms with Crippen molar-refractivity contribution in [2.75, 3.05) is 13.1 Å². The van der Waals surface area contributed by atoms with E-state index >= 15 is 0 Å². The summed E-state index contributed by atoms with van der Waals surface area (Å²) in [6.45, 7) is 5.73. The highest BCUT2D eigenvalue weighted by Gasteiger charge is 2.31. The highest BCUT2D eigenvalue weighted by atomic mass is 32.1. The zero-order valence-corrected chi connectivity index (χ0v) is 21.1. The van der Waals surface area contributed by atoms with E-state index < -0.39 is 0 Å². The number of nitrogens with zero attached hydrogens (tertiary/aromatic N) is 2. The Balaban J connectivity index is 1.33. The third-order valence-electron chi connectivity index (χ3n) is 6.76. The molecule has 1 aliphatic heterocycles. The van der Waals surface area contributed by atoms with Crippen LogP contribution in [-0.2, 0) is 17.8 Å². The lowest BCUT2D eigenvalue weighted by molar-refractivity contribution is -0.132. The molecule has 2 heterocycles. The minimum atomic E-state index is -0.128. The van der Waals surface area contributed by atoms with Crippen molar-refractivity contribution >= 4 is 23.2 Å². The van der Waals surface area contributed by atoms with Gasteiger partial charge >= 0.3 is 0 Å². The summed E-state index contributed by atoms with van der Waals surface area (Å²) in [6, 6.07) is 14.5. The van der Waals surface area contributed by atoms with Gasteiger partial charge in [0.15, 0.2) is 0 Å². The molecule has 2 aromatic carbocycles. The first kappa shape index (κ1) is 23.5. The van der Waals surface area contributed by atoms with E-state index in [1.807, 2.05) is 17.9 Å². The van der Waals surface area contributed by atoms with Crippen LogP contribution in [0.5, 0.6) is 5.75 Å². The Labute approximate surface area is 210 Å². The van der Waals surface area contributed by atoms with Gasteiger partial charge in [0.1, 0.15) is 23.1 Å². The summed E-state index contributed by atoms with van der Waals surface area (Å²) in [5, 5.41) is 5.50. The minimum absolute atomic E-state index is 0.116. The third kappa shape index (κ3) is 5.40. The van der Waals surface area contributed by atoms with Crippen LogP contribution in [0.25, 0.3) is 0 Å². The third-order valence-corrected chi connectivity index (χ3v) is 7.58. The van der Waals surface area contributed by atoms with Gasteiger partial charge < -0.3 is 15.0 Å². The van der Waals surface area contributed by atoms with Crippen LogP contribution < -0.4 is 10.1 Å². The number of rotatable bonds is 8. The maximum Gasteiger partial charge on any atom is 0.270 e. The molecule has 3 aromatic rings. The van der Waals surface area contributed by atoms with E-state index in [9.17, 15) is 9.59 Å². The van der Waals surface area contributed by atoms with E-state index in [1.54, 1.807) is 5.38 Å². The largest absolute Gasteiger partial charge is 0.486 e. The molecule has 0 bridgehead atoms. The van der Waals surface area contributed by atoms with Gasteiger partial charge in [-0.25, -0.2) is 4.98 Å². The number of hydrogen-bond donors (Lipinski definition) is 1. The zero-order chi connectivity index (χ0) is 24.4. The van der Waals surface area contributed by atoms with Gasteiger partial charge in [-0.1, -0.05) is 42.8 Å². The number of benzene rings is 2. The van der Waals surface area contributed by atoms with Crippen LogP contribution in [0.1, 0.15) is 70.0 Å².